The van der Waals surface area contributed by atoms with Gasteiger partial charge in [0.15, 0.2) is 8.32 Å². The summed E-state index contributed by atoms with van der Waals surface area (Å²) in [5.41, 5.74) is 2.77. The van der Waals surface area contributed by atoms with Crippen molar-refractivity contribution >= 4 is 25.2 Å². The van der Waals surface area contributed by atoms with Crippen molar-refractivity contribution in [1.29, 1.82) is 0 Å². The summed E-state index contributed by atoms with van der Waals surface area (Å²) in [5, 5.41) is 0.649. The van der Waals surface area contributed by atoms with E-state index in [0.717, 1.165) is 16.6 Å². The van der Waals surface area contributed by atoms with Gasteiger partial charge in [-0.3, -0.25) is 4.79 Å². The number of carbonyl (C=O) groups excluding carboxylic acids is 1. The number of nitrogens with zero attached hydrogens (tertiary/aromatic N) is 1. The van der Waals surface area contributed by atoms with E-state index in [-0.39, 0.29) is 34.6 Å². The summed E-state index contributed by atoms with van der Waals surface area (Å²) in [7, 11) is -1.96. The molecule has 6 heteroatoms. The Bertz CT molecular complexity index is 1010. The first-order chi connectivity index (χ1) is 14.2. The Kier molecular flexibility index (Phi) is 7.59. The average Bonchev–Trinajstić information content (AvgIpc) is 2.64. The molecule has 0 aliphatic rings. The van der Waals surface area contributed by atoms with Crippen molar-refractivity contribution < 1.29 is 14.0 Å². The quantitative estimate of drug-likeness (QED) is 0.386. The second kappa shape index (κ2) is 9.29. The molecular formula is C25H39NO4Si. The van der Waals surface area contributed by atoms with Crippen molar-refractivity contribution in [3.05, 3.63) is 45.2 Å². The summed E-state index contributed by atoms with van der Waals surface area (Å²) in [6.07, 6.45) is 1.68. The third-order valence-electron chi connectivity index (χ3n) is 6.69. The maximum absolute atomic E-state index is 13.2. The summed E-state index contributed by atoms with van der Waals surface area (Å²) >= 11 is 0. The lowest BCUT2D eigenvalue weighted by Crippen LogP contribution is -2.42. The predicted octanol–water partition coefficient (Wildman–Crippen LogP) is 6.01. The summed E-state index contributed by atoms with van der Waals surface area (Å²) in [6.45, 7) is 22.0. The van der Waals surface area contributed by atoms with E-state index in [4.69, 9.17) is 9.16 Å². The number of ether oxygens (including phenoxy) is 1. The molecule has 0 saturated heterocycles. The van der Waals surface area contributed by atoms with Gasteiger partial charge in [-0.2, -0.15) is 0 Å². The second-order valence-corrected chi connectivity index (χ2v) is 15.1. The zero-order valence-corrected chi connectivity index (χ0v) is 21.9. The number of esters is 1. The molecule has 0 N–H and O–H groups in total. The van der Waals surface area contributed by atoms with Crippen LogP contribution in [0.3, 0.4) is 0 Å². The summed E-state index contributed by atoms with van der Waals surface area (Å²) in [6, 6.07) is 3.91. The van der Waals surface area contributed by atoms with Gasteiger partial charge in [0.25, 0.3) is 0 Å². The van der Waals surface area contributed by atoms with Gasteiger partial charge < -0.3 is 13.7 Å². The lowest BCUT2D eigenvalue weighted by Gasteiger charge is -2.38. The Balaban J connectivity index is 2.71. The highest BCUT2D eigenvalue weighted by molar-refractivity contribution is 6.74. The molecule has 5 nitrogen and oxygen atoms in total. The van der Waals surface area contributed by atoms with Crippen molar-refractivity contribution in [3.63, 3.8) is 0 Å². The van der Waals surface area contributed by atoms with Crippen LogP contribution in [-0.2, 0) is 9.16 Å². The Morgan fingerprint density at radius 1 is 1.13 bits per heavy atom. The topological polar surface area (TPSA) is 57.5 Å². The Morgan fingerprint density at radius 2 is 1.71 bits per heavy atom. The van der Waals surface area contributed by atoms with Crippen LogP contribution >= 0.6 is 0 Å². The number of carbonyl (C=O) groups is 1. The molecule has 1 heterocycles. The van der Waals surface area contributed by atoms with Gasteiger partial charge in [-0.1, -0.05) is 34.6 Å². The summed E-state index contributed by atoms with van der Waals surface area (Å²) < 4.78 is 13.8. The van der Waals surface area contributed by atoms with E-state index in [2.05, 4.69) is 52.3 Å². The van der Waals surface area contributed by atoms with Gasteiger partial charge in [0, 0.05) is 11.6 Å². The minimum absolute atomic E-state index is 0.0208. The molecule has 0 aliphatic heterocycles. The zero-order chi connectivity index (χ0) is 23.7. The number of hydrogen-bond acceptors (Lipinski definition) is 4. The van der Waals surface area contributed by atoms with Gasteiger partial charge in [0.05, 0.1) is 24.8 Å². The third-order valence-corrected chi connectivity index (χ3v) is 11.2. The van der Waals surface area contributed by atoms with Gasteiger partial charge >= 0.3 is 5.97 Å². The first-order valence-corrected chi connectivity index (χ1v) is 14.1. The Labute approximate surface area is 187 Å². The van der Waals surface area contributed by atoms with Crippen LogP contribution in [0.25, 0.3) is 10.9 Å². The van der Waals surface area contributed by atoms with Crippen LogP contribution in [0.1, 0.15) is 69.1 Å². The molecule has 0 fully saturated rings. The monoisotopic (exact) mass is 445 g/mol. The highest BCUT2D eigenvalue weighted by Gasteiger charge is 2.38. The highest BCUT2D eigenvalue weighted by atomic mass is 28.4. The molecule has 1 aromatic carbocycles. The molecule has 0 amide bonds. The first-order valence-electron chi connectivity index (χ1n) is 11.2. The minimum Gasteiger partial charge on any atom is -0.462 e. The van der Waals surface area contributed by atoms with Gasteiger partial charge in [0.2, 0.25) is 5.43 Å². The number of pyridine rings is 1. The molecule has 0 spiro atoms. The molecule has 1 atom stereocenters. The predicted molar refractivity (Wildman–Crippen MR) is 131 cm³/mol. The lowest BCUT2D eigenvalue weighted by atomic mass is 10.00. The normalized spacial score (nSPS) is 13.6. The fraction of sp³-hybridized carbons (Fsp3) is 0.600. The molecule has 0 bridgehead atoms. The van der Waals surface area contributed by atoms with Gasteiger partial charge in [-0.15, -0.1) is 0 Å². The van der Waals surface area contributed by atoms with Crippen molar-refractivity contribution in [2.75, 3.05) is 13.2 Å². The fourth-order valence-corrected chi connectivity index (χ4v) is 4.36. The van der Waals surface area contributed by atoms with E-state index in [1.807, 2.05) is 26.0 Å². The smallest absolute Gasteiger partial charge is 0.343 e. The number of hydrogen-bond donors (Lipinski definition) is 0. The standard InChI is InChI=1S/C25H39NO4Si/c1-11-29-24(28)20-14-26(21-13-18(5)17(4)12-19(21)23(20)27)22(16(2)3)15-30-31(9,10)25(6,7)8/h12-14,16,22H,11,15H2,1-10H3/t22-/m1/s1. The largest absolute Gasteiger partial charge is 0.462 e. The van der Waals surface area contributed by atoms with Gasteiger partial charge in [0.1, 0.15) is 5.56 Å². The van der Waals surface area contributed by atoms with E-state index in [0.29, 0.717) is 12.0 Å². The zero-order valence-electron chi connectivity index (χ0n) is 20.9. The van der Waals surface area contributed by atoms with E-state index in [1.54, 1.807) is 13.1 Å². The van der Waals surface area contributed by atoms with Crippen LogP contribution in [0.5, 0.6) is 0 Å². The highest BCUT2D eigenvalue weighted by Crippen LogP contribution is 2.37. The molecule has 1 aromatic heterocycles. The van der Waals surface area contributed by atoms with Crippen LogP contribution in [0.15, 0.2) is 23.1 Å². The van der Waals surface area contributed by atoms with Crippen LogP contribution in [-0.4, -0.2) is 32.1 Å². The number of rotatable bonds is 7. The van der Waals surface area contributed by atoms with E-state index in [9.17, 15) is 9.59 Å². The van der Waals surface area contributed by atoms with Crippen LogP contribution in [0.2, 0.25) is 18.1 Å². The molecular weight excluding hydrogens is 406 g/mol. The minimum atomic E-state index is -1.96. The molecule has 0 unspecified atom stereocenters. The second-order valence-electron chi connectivity index (χ2n) is 10.3. The van der Waals surface area contributed by atoms with E-state index < -0.39 is 14.3 Å². The van der Waals surface area contributed by atoms with Gasteiger partial charge in [-0.25, -0.2) is 4.79 Å². The Morgan fingerprint density at radius 3 is 2.23 bits per heavy atom. The molecule has 0 aliphatic carbocycles. The van der Waals surface area contributed by atoms with Crippen LogP contribution < -0.4 is 5.43 Å². The van der Waals surface area contributed by atoms with E-state index >= 15 is 0 Å². The maximum Gasteiger partial charge on any atom is 0.343 e. The maximum atomic E-state index is 13.2. The van der Waals surface area contributed by atoms with Crippen LogP contribution in [0, 0.1) is 19.8 Å². The summed E-state index contributed by atoms with van der Waals surface area (Å²) in [4.78, 5) is 25.8. The van der Waals surface area contributed by atoms with Crippen molar-refractivity contribution in [2.45, 2.75) is 79.6 Å². The number of aromatic nitrogens is 1. The third kappa shape index (κ3) is 5.29. The molecule has 31 heavy (non-hydrogen) atoms. The number of benzene rings is 1. The van der Waals surface area contributed by atoms with Crippen molar-refractivity contribution in [2.24, 2.45) is 5.92 Å². The average molecular weight is 446 g/mol. The molecule has 2 aromatic rings. The molecule has 0 saturated carbocycles. The Hall–Kier alpha value is -1.92. The molecule has 0 radical (unpaired) electrons. The molecule has 2 rings (SSSR count). The SMILES string of the molecule is CCOC(=O)c1cn([C@H](CO[Si](C)(C)C(C)(C)C)C(C)C)c2cc(C)c(C)cc2c1=O. The number of fused-ring (bicyclic) bond motifs is 1. The summed E-state index contributed by atoms with van der Waals surface area (Å²) in [5.74, 6) is -0.332. The number of aryl methyl sites for hydroxylation is 2. The van der Waals surface area contributed by atoms with Gasteiger partial charge in [-0.05, 0) is 68.1 Å². The molecule has 172 valence electrons. The fourth-order valence-electron chi connectivity index (χ4n) is 3.34. The first kappa shape index (κ1) is 25.3. The van der Waals surface area contributed by atoms with E-state index in [1.165, 1.54) is 0 Å². The van der Waals surface area contributed by atoms with Crippen molar-refractivity contribution in [1.82, 2.24) is 4.57 Å². The van der Waals surface area contributed by atoms with Crippen molar-refractivity contribution in [3.8, 4) is 0 Å². The van der Waals surface area contributed by atoms with Crippen LogP contribution in [0.4, 0.5) is 0 Å². The lowest BCUT2D eigenvalue weighted by molar-refractivity contribution is 0.0523.